The van der Waals surface area contributed by atoms with Gasteiger partial charge in [0, 0.05) is 23.8 Å². The SMILES string of the molecule is CC(C)Nc1ccccc1C(=O)N1CCCC1(C)C. The number of likely N-dealkylation sites (tertiary alicyclic amines) is 1. The monoisotopic (exact) mass is 260 g/mol. The van der Waals surface area contributed by atoms with Crippen molar-refractivity contribution in [3.8, 4) is 0 Å². The van der Waals surface area contributed by atoms with Crippen molar-refractivity contribution in [1.29, 1.82) is 0 Å². The zero-order valence-corrected chi connectivity index (χ0v) is 12.4. The summed E-state index contributed by atoms with van der Waals surface area (Å²) >= 11 is 0. The van der Waals surface area contributed by atoms with Gasteiger partial charge < -0.3 is 10.2 Å². The van der Waals surface area contributed by atoms with Crippen molar-refractivity contribution in [2.24, 2.45) is 0 Å². The summed E-state index contributed by atoms with van der Waals surface area (Å²) in [5, 5.41) is 3.36. The Balaban J connectivity index is 2.29. The molecule has 1 saturated heterocycles. The first kappa shape index (κ1) is 13.9. The van der Waals surface area contributed by atoms with Crippen molar-refractivity contribution in [3.05, 3.63) is 29.8 Å². The Hall–Kier alpha value is -1.51. The number of hydrogen-bond donors (Lipinski definition) is 1. The number of para-hydroxylation sites is 1. The molecule has 1 fully saturated rings. The molecule has 104 valence electrons. The molecular weight excluding hydrogens is 236 g/mol. The molecule has 3 heteroatoms. The first-order chi connectivity index (χ1) is 8.92. The van der Waals surface area contributed by atoms with E-state index in [1.807, 2.05) is 29.2 Å². The Morgan fingerprint density at radius 3 is 2.58 bits per heavy atom. The summed E-state index contributed by atoms with van der Waals surface area (Å²) in [6.45, 7) is 9.33. The van der Waals surface area contributed by atoms with Gasteiger partial charge in [0.2, 0.25) is 0 Å². The van der Waals surface area contributed by atoms with Gasteiger partial charge in [0.25, 0.3) is 5.91 Å². The van der Waals surface area contributed by atoms with Crippen LogP contribution >= 0.6 is 0 Å². The molecule has 19 heavy (non-hydrogen) atoms. The van der Waals surface area contributed by atoms with Crippen molar-refractivity contribution < 1.29 is 4.79 Å². The Bertz CT molecular complexity index is 466. The van der Waals surface area contributed by atoms with Gasteiger partial charge in [0.1, 0.15) is 0 Å². The van der Waals surface area contributed by atoms with E-state index in [0.29, 0.717) is 6.04 Å². The molecule has 0 radical (unpaired) electrons. The molecule has 1 amide bonds. The van der Waals surface area contributed by atoms with Gasteiger partial charge in [-0.3, -0.25) is 4.79 Å². The van der Waals surface area contributed by atoms with Crippen molar-refractivity contribution in [2.45, 2.75) is 52.1 Å². The number of carbonyl (C=O) groups excluding carboxylic acids is 1. The predicted octanol–water partition coefficient (Wildman–Crippen LogP) is 3.52. The van der Waals surface area contributed by atoms with E-state index in [1.54, 1.807) is 0 Å². The summed E-state index contributed by atoms with van der Waals surface area (Å²) in [7, 11) is 0. The number of amides is 1. The fourth-order valence-corrected chi connectivity index (χ4v) is 2.74. The summed E-state index contributed by atoms with van der Waals surface area (Å²) in [5.41, 5.74) is 1.69. The fraction of sp³-hybridized carbons (Fsp3) is 0.562. The third-order valence-corrected chi connectivity index (χ3v) is 3.75. The van der Waals surface area contributed by atoms with E-state index in [1.165, 1.54) is 0 Å². The molecule has 0 spiro atoms. The maximum absolute atomic E-state index is 12.8. The number of anilines is 1. The quantitative estimate of drug-likeness (QED) is 0.901. The van der Waals surface area contributed by atoms with Crippen LogP contribution in [0.2, 0.25) is 0 Å². The van der Waals surface area contributed by atoms with E-state index in [9.17, 15) is 4.79 Å². The van der Waals surface area contributed by atoms with Gasteiger partial charge in [-0.05, 0) is 52.7 Å². The third kappa shape index (κ3) is 2.91. The molecule has 0 saturated carbocycles. The first-order valence-electron chi connectivity index (χ1n) is 7.09. The molecule has 0 atom stereocenters. The second-order valence-corrected chi connectivity index (χ2v) is 6.22. The average molecular weight is 260 g/mol. The Labute approximate surface area is 116 Å². The second-order valence-electron chi connectivity index (χ2n) is 6.22. The summed E-state index contributed by atoms with van der Waals surface area (Å²) in [4.78, 5) is 14.8. The van der Waals surface area contributed by atoms with Crippen LogP contribution in [-0.4, -0.2) is 28.9 Å². The lowest BCUT2D eigenvalue weighted by atomic mass is 10.0. The highest BCUT2D eigenvalue weighted by molar-refractivity contribution is 6.00. The molecule has 1 heterocycles. The highest BCUT2D eigenvalue weighted by Crippen LogP contribution is 2.31. The van der Waals surface area contributed by atoms with Crippen LogP contribution in [0.5, 0.6) is 0 Å². The molecule has 1 aromatic rings. The number of hydrogen-bond acceptors (Lipinski definition) is 2. The highest BCUT2D eigenvalue weighted by atomic mass is 16.2. The molecule has 0 aliphatic carbocycles. The lowest BCUT2D eigenvalue weighted by Crippen LogP contribution is -2.42. The van der Waals surface area contributed by atoms with Gasteiger partial charge >= 0.3 is 0 Å². The van der Waals surface area contributed by atoms with E-state index >= 15 is 0 Å². The molecule has 3 nitrogen and oxygen atoms in total. The number of rotatable bonds is 3. The minimum Gasteiger partial charge on any atom is -0.382 e. The normalized spacial score (nSPS) is 17.8. The standard InChI is InChI=1S/C16H24N2O/c1-12(2)17-14-9-6-5-8-13(14)15(19)18-11-7-10-16(18,3)4/h5-6,8-9,12,17H,7,10-11H2,1-4H3. The van der Waals surface area contributed by atoms with Crippen LogP contribution in [0, 0.1) is 0 Å². The average Bonchev–Trinajstić information content (AvgIpc) is 2.68. The van der Waals surface area contributed by atoms with E-state index in [2.05, 4.69) is 33.0 Å². The van der Waals surface area contributed by atoms with Gasteiger partial charge in [0.05, 0.1) is 5.56 Å². The third-order valence-electron chi connectivity index (χ3n) is 3.75. The smallest absolute Gasteiger partial charge is 0.256 e. The van der Waals surface area contributed by atoms with Crippen LogP contribution in [0.15, 0.2) is 24.3 Å². The van der Waals surface area contributed by atoms with Gasteiger partial charge in [-0.2, -0.15) is 0 Å². The van der Waals surface area contributed by atoms with E-state index in [4.69, 9.17) is 0 Å². The Kier molecular flexibility index (Phi) is 3.83. The summed E-state index contributed by atoms with van der Waals surface area (Å²) in [6, 6.07) is 8.12. The van der Waals surface area contributed by atoms with Crippen LogP contribution in [0.3, 0.4) is 0 Å². The van der Waals surface area contributed by atoms with Gasteiger partial charge in [-0.25, -0.2) is 0 Å². The largest absolute Gasteiger partial charge is 0.382 e. The highest BCUT2D eigenvalue weighted by Gasteiger charge is 2.36. The number of nitrogens with one attached hydrogen (secondary N) is 1. The lowest BCUT2D eigenvalue weighted by molar-refractivity contribution is 0.0653. The van der Waals surface area contributed by atoms with Crippen molar-refractivity contribution in [3.63, 3.8) is 0 Å². The zero-order chi connectivity index (χ0) is 14.0. The van der Waals surface area contributed by atoms with Gasteiger partial charge in [-0.1, -0.05) is 12.1 Å². The number of nitrogens with zero attached hydrogens (tertiary/aromatic N) is 1. The van der Waals surface area contributed by atoms with Crippen molar-refractivity contribution in [1.82, 2.24) is 4.90 Å². The van der Waals surface area contributed by atoms with Crippen molar-refractivity contribution in [2.75, 3.05) is 11.9 Å². The van der Waals surface area contributed by atoms with Crippen LogP contribution < -0.4 is 5.32 Å². The van der Waals surface area contributed by atoms with Crippen LogP contribution in [0.1, 0.15) is 50.9 Å². The summed E-state index contributed by atoms with van der Waals surface area (Å²) in [6.07, 6.45) is 2.18. The van der Waals surface area contributed by atoms with E-state index < -0.39 is 0 Å². The maximum Gasteiger partial charge on any atom is 0.256 e. The van der Waals surface area contributed by atoms with Gasteiger partial charge in [0.15, 0.2) is 0 Å². The Morgan fingerprint density at radius 1 is 1.32 bits per heavy atom. The molecule has 1 aliphatic rings. The number of carbonyl (C=O) groups is 1. The van der Waals surface area contributed by atoms with E-state index in [0.717, 1.165) is 30.6 Å². The molecule has 0 bridgehead atoms. The van der Waals surface area contributed by atoms with Gasteiger partial charge in [-0.15, -0.1) is 0 Å². The maximum atomic E-state index is 12.8. The van der Waals surface area contributed by atoms with Crippen molar-refractivity contribution >= 4 is 11.6 Å². The lowest BCUT2D eigenvalue weighted by Gasteiger charge is -2.32. The summed E-state index contributed by atoms with van der Waals surface area (Å²) < 4.78 is 0. The first-order valence-corrected chi connectivity index (χ1v) is 7.09. The molecule has 2 rings (SSSR count). The van der Waals surface area contributed by atoms with Crippen LogP contribution in [0.4, 0.5) is 5.69 Å². The molecular formula is C16H24N2O. The minimum atomic E-state index is -0.0258. The van der Waals surface area contributed by atoms with E-state index in [-0.39, 0.29) is 11.4 Å². The molecule has 1 N–H and O–H groups in total. The van der Waals surface area contributed by atoms with Crippen LogP contribution in [-0.2, 0) is 0 Å². The topological polar surface area (TPSA) is 32.3 Å². The number of benzene rings is 1. The fourth-order valence-electron chi connectivity index (χ4n) is 2.74. The summed E-state index contributed by atoms with van der Waals surface area (Å²) in [5.74, 6) is 0.145. The molecule has 0 unspecified atom stereocenters. The zero-order valence-electron chi connectivity index (χ0n) is 12.4. The minimum absolute atomic E-state index is 0.0258. The molecule has 1 aromatic carbocycles. The Morgan fingerprint density at radius 2 is 2.00 bits per heavy atom. The molecule has 1 aliphatic heterocycles. The molecule has 0 aromatic heterocycles. The predicted molar refractivity (Wildman–Crippen MR) is 79.6 cm³/mol. The van der Waals surface area contributed by atoms with Crippen LogP contribution in [0.25, 0.3) is 0 Å². The second kappa shape index (κ2) is 5.24.